The first-order chi connectivity index (χ1) is 2.81. The van der Waals surface area contributed by atoms with Gasteiger partial charge >= 0.3 is 37.7 Å². The summed E-state index contributed by atoms with van der Waals surface area (Å²) < 4.78 is 0. The summed E-state index contributed by atoms with van der Waals surface area (Å²) in [6.07, 6.45) is -0.954. The van der Waals surface area contributed by atoms with Crippen LogP contribution in [0.2, 0.25) is 0 Å². The van der Waals surface area contributed by atoms with Gasteiger partial charge < -0.3 is 18.2 Å². The van der Waals surface area contributed by atoms with Crippen LogP contribution in [0.4, 0.5) is 0 Å². The molecule has 0 radical (unpaired) electrons. The summed E-state index contributed by atoms with van der Waals surface area (Å²) in [4.78, 5) is 0. The van der Waals surface area contributed by atoms with Gasteiger partial charge in [0, 0.05) is 0 Å². The van der Waals surface area contributed by atoms with Gasteiger partial charge in [-0.25, -0.2) is 0 Å². The minimum absolute atomic E-state index is 0. The van der Waals surface area contributed by atoms with Crippen LogP contribution in [-0.2, 0) is 0 Å². The molecule has 3 nitrogen and oxygen atoms in total. The minimum Gasteiger partial charge on any atom is -1.00 e. The maximum atomic E-state index is 8.17. The van der Waals surface area contributed by atoms with Crippen molar-refractivity contribution in [2.45, 2.75) is 6.10 Å². The van der Waals surface area contributed by atoms with Crippen LogP contribution in [0.15, 0.2) is 0 Å². The molecule has 0 unspecified atom stereocenters. The number of aliphatic hydroxyl groups is 3. The fourth-order valence-electron chi connectivity index (χ4n) is 0.0577. The molecule has 0 saturated carbocycles. The molecule has 0 amide bonds. The summed E-state index contributed by atoms with van der Waals surface area (Å²) in [6.45, 7) is -0.729. The van der Waals surface area contributed by atoms with Crippen LogP contribution in [0.1, 0.15) is 2.85 Å². The Labute approximate surface area is 74.9 Å². The maximum Gasteiger partial charge on any atom is 2.00 e. The molecule has 7 heavy (non-hydrogen) atoms. The van der Waals surface area contributed by atoms with Gasteiger partial charge in [-0.1, -0.05) is 0 Å². The Kier molecular flexibility index (Phi) is 11.2. The van der Waals surface area contributed by atoms with Crippen molar-refractivity contribution in [3.63, 3.8) is 0 Å². The Bertz CT molecular complexity index is 36.2. The van der Waals surface area contributed by atoms with Crippen molar-refractivity contribution in [2.24, 2.45) is 0 Å². The summed E-state index contributed by atoms with van der Waals surface area (Å²) in [5.74, 6) is 0. The second-order valence-electron chi connectivity index (χ2n) is 1.02. The molecular weight excluding hydrogens is 124 g/mol. The first-order valence-electron chi connectivity index (χ1n) is 1.71. The van der Waals surface area contributed by atoms with E-state index in [1.54, 1.807) is 0 Å². The minimum atomic E-state index is -0.954. The fourth-order valence-corrected chi connectivity index (χ4v) is 0.0577. The first kappa shape index (κ1) is 11.0. The number of hydrogen-bond donors (Lipinski definition) is 3. The number of rotatable bonds is 2. The molecule has 0 fully saturated rings. The zero-order valence-corrected chi connectivity index (χ0v) is 6.25. The molecule has 4 heteroatoms. The molecule has 0 heterocycles. The van der Waals surface area contributed by atoms with Gasteiger partial charge in [0.1, 0.15) is 6.10 Å². The monoisotopic (exact) mass is 134 g/mol. The second-order valence-corrected chi connectivity index (χ2v) is 1.02. The van der Waals surface area contributed by atoms with E-state index in [1.165, 1.54) is 0 Å². The molecule has 0 spiro atoms. The topological polar surface area (TPSA) is 60.7 Å². The van der Waals surface area contributed by atoms with Gasteiger partial charge in [0.15, 0.2) is 0 Å². The summed E-state index contributed by atoms with van der Waals surface area (Å²) in [6, 6.07) is 0. The third-order valence-corrected chi connectivity index (χ3v) is 0.421. The van der Waals surface area contributed by atoms with E-state index in [-0.39, 0.29) is 53.8 Å². The van der Waals surface area contributed by atoms with Crippen molar-refractivity contribution in [3.05, 3.63) is 0 Å². The van der Waals surface area contributed by atoms with Crippen molar-refractivity contribution in [3.8, 4) is 0 Å². The molecule has 0 aromatic rings. The zero-order chi connectivity index (χ0) is 4.99. The first-order valence-corrected chi connectivity index (χ1v) is 1.71. The van der Waals surface area contributed by atoms with E-state index in [4.69, 9.17) is 15.3 Å². The zero-order valence-electron chi connectivity index (χ0n) is 6.04. The Morgan fingerprint density at radius 2 is 1.57 bits per heavy atom. The van der Waals surface area contributed by atoms with Crippen molar-refractivity contribution in [2.75, 3.05) is 13.2 Å². The third kappa shape index (κ3) is 7.14. The van der Waals surface area contributed by atoms with Crippen molar-refractivity contribution in [1.82, 2.24) is 0 Å². The van der Waals surface area contributed by atoms with Crippen molar-refractivity contribution < 1.29 is 18.2 Å². The van der Waals surface area contributed by atoms with Gasteiger partial charge in [-0.05, 0) is 0 Å². The largest absolute Gasteiger partial charge is 2.00 e. The molecule has 0 rings (SSSR count). The molecule has 0 atom stereocenters. The summed E-state index contributed by atoms with van der Waals surface area (Å²) in [5, 5.41) is 24.0. The van der Waals surface area contributed by atoms with E-state index >= 15 is 0 Å². The molecule has 0 bridgehead atoms. The molecule has 0 aromatic carbocycles. The normalized spacial score (nSPS) is 8.57. The van der Waals surface area contributed by atoms with Gasteiger partial charge in [-0.15, -0.1) is 0 Å². The van der Waals surface area contributed by atoms with Crippen LogP contribution in [0.5, 0.6) is 0 Å². The predicted octanol–water partition coefficient (Wildman–Crippen LogP) is -1.82. The Morgan fingerprint density at radius 3 is 1.57 bits per heavy atom. The van der Waals surface area contributed by atoms with Gasteiger partial charge in [-0.2, -0.15) is 0 Å². The summed E-state index contributed by atoms with van der Waals surface area (Å²) in [5.41, 5.74) is 0. The van der Waals surface area contributed by atoms with Crippen LogP contribution in [-0.4, -0.2) is 72.4 Å². The smallest absolute Gasteiger partial charge is 1.00 e. The van der Waals surface area contributed by atoms with Gasteiger partial charge in [0.05, 0.1) is 13.2 Å². The summed E-state index contributed by atoms with van der Waals surface area (Å²) >= 11 is 0. The van der Waals surface area contributed by atoms with E-state index in [9.17, 15) is 0 Å². The van der Waals surface area contributed by atoms with Gasteiger partial charge in [-0.3, -0.25) is 0 Å². The van der Waals surface area contributed by atoms with E-state index in [1.807, 2.05) is 0 Å². The standard InChI is InChI=1S/C3H8O3.Ca.2H/c4-1-3(6)2-5;;;/h3-6H,1-2H2;;;/q;+2;2*-1. The molecule has 0 saturated heterocycles. The summed E-state index contributed by atoms with van der Waals surface area (Å²) in [7, 11) is 0. The SMILES string of the molecule is OCC(O)CO.[Ca+2].[H-].[H-]. The maximum absolute atomic E-state index is 8.17. The van der Waals surface area contributed by atoms with E-state index in [0.29, 0.717) is 0 Å². The molecule has 0 aliphatic rings. The molecule has 42 valence electrons. The predicted molar refractivity (Wildman–Crippen MR) is 28.2 cm³/mol. The average molecular weight is 134 g/mol. The molecule has 0 aliphatic carbocycles. The quantitative estimate of drug-likeness (QED) is 0.390. The Hall–Kier alpha value is 1.14. The van der Waals surface area contributed by atoms with Crippen molar-refractivity contribution in [1.29, 1.82) is 0 Å². The number of hydrogen-bond acceptors (Lipinski definition) is 3. The van der Waals surface area contributed by atoms with Gasteiger partial charge in [0.2, 0.25) is 0 Å². The molecular formula is C3H10CaO3. The molecule has 0 aliphatic heterocycles. The van der Waals surface area contributed by atoms with Crippen LogP contribution < -0.4 is 0 Å². The van der Waals surface area contributed by atoms with Crippen molar-refractivity contribution >= 4 is 37.7 Å². The van der Waals surface area contributed by atoms with Crippen LogP contribution in [0.25, 0.3) is 0 Å². The number of aliphatic hydroxyl groups excluding tert-OH is 3. The van der Waals surface area contributed by atoms with Crippen LogP contribution in [0.3, 0.4) is 0 Å². The molecule has 0 aromatic heterocycles. The average Bonchev–Trinajstić information content (AvgIpc) is 1.65. The molecule has 3 N–H and O–H groups in total. The van der Waals surface area contributed by atoms with Gasteiger partial charge in [0.25, 0.3) is 0 Å². The Balaban J connectivity index is -0.0000000417. The van der Waals surface area contributed by atoms with Crippen LogP contribution in [0, 0.1) is 0 Å². The third-order valence-electron chi connectivity index (χ3n) is 0.421. The second kappa shape index (κ2) is 7.14. The van der Waals surface area contributed by atoms with E-state index in [0.717, 1.165) is 0 Å². The van der Waals surface area contributed by atoms with E-state index < -0.39 is 6.10 Å². The fraction of sp³-hybridized carbons (Fsp3) is 1.00. The Morgan fingerprint density at radius 1 is 1.29 bits per heavy atom. The van der Waals surface area contributed by atoms with Crippen LogP contribution >= 0.6 is 0 Å². The van der Waals surface area contributed by atoms with E-state index in [2.05, 4.69) is 0 Å².